The first kappa shape index (κ1) is 11.6. The first-order chi connectivity index (χ1) is 8.07. The molecule has 17 heavy (non-hydrogen) atoms. The quantitative estimate of drug-likeness (QED) is 0.877. The van der Waals surface area contributed by atoms with Gasteiger partial charge < -0.3 is 9.84 Å². The summed E-state index contributed by atoms with van der Waals surface area (Å²) >= 11 is 0. The fourth-order valence-electron chi connectivity index (χ4n) is 1.33. The molecule has 7 heteroatoms. The van der Waals surface area contributed by atoms with Crippen molar-refractivity contribution in [3.05, 3.63) is 36.4 Å². The Hall–Kier alpha value is -1.89. The molecule has 0 spiro atoms. The Morgan fingerprint density at radius 2 is 2.18 bits per heavy atom. The van der Waals surface area contributed by atoms with Gasteiger partial charge in [0.1, 0.15) is 10.7 Å². The van der Waals surface area contributed by atoms with Crippen LogP contribution < -0.4 is 5.32 Å². The zero-order chi connectivity index (χ0) is 12.3. The molecule has 0 bridgehead atoms. The Balaban J connectivity index is 2.22. The molecule has 0 fully saturated rings. The predicted octanol–water partition coefficient (Wildman–Crippen LogP) is 1.09. The summed E-state index contributed by atoms with van der Waals surface area (Å²) < 4.78 is 27.9. The SMILES string of the molecule is CS(=O)(=O)c1cccnc1NCc1ccno1. The zero-order valence-electron chi connectivity index (χ0n) is 9.12. The first-order valence-electron chi connectivity index (χ1n) is 4.86. The smallest absolute Gasteiger partial charge is 0.179 e. The van der Waals surface area contributed by atoms with Gasteiger partial charge in [0.2, 0.25) is 0 Å². The van der Waals surface area contributed by atoms with Crippen molar-refractivity contribution in [2.75, 3.05) is 11.6 Å². The summed E-state index contributed by atoms with van der Waals surface area (Å²) in [4.78, 5) is 4.16. The van der Waals surface area contributed by atoms with Crippen molar-refractivity contribution in [3.63, 3.8) is 0 Å². The van der Waals surface area contributed by atoms with Gasteiger partial charge in [-0.05, 0) is 12.1 Å². The van der Waals surface area contributed by atoms with Gasteiger partial charge in [-0.25, -0.2) is 13.4 Å². The van der Waals surface area contributed by atoms with Crippen molar-refractivity contribution in [1.82, 2.24) is 10.1 Å². The van der Waals surface area contributed by atoms with Gasteiger partial charge in [-0.1, -0.05) is 5.16 Å². The van der Waals surface area contributed by atoms with Gasteiger partial charge >= 0.3 is 0 Å². The molecule has 0 saturated heterocycles. The van der Waals surface area contributed by atoms with Gasteiger partial charge in [-0.15, -0.1) is 0 Å². The molecule has 0 aliphatic rings. The monoisotopic (exact) mass is 253 g/mol. The van der Waals surface area contributed by atoms with Crippen LogP contribution in [0.15, 0.2) is 40.0 Å². The van der Waals surface area contributed by atoms with Crippen molar-refractivity contribution in [2.24, 2.45) is 0 Å². The highest BCUT2D eigenvalue weighted by Crippen LogP contribution is 2.18. The van der Waals surface area contributed by atoms with Crippen molar-refractivity contribution in [2.45, 2.75) is 11.4 Å². The van der Waals surface area contributed by atoms with Crippen LogP contribution in [0, 0.1) is 0 Å². The number of nitrogens with one attached hydrogen (secondary N) is 1. The topological polar surface area (TPSA) is 85.1 Å². The fraction of sp³-hybridized carbons (Fsp3) is 0.200. The number of pyridine rings is 1. The minimum Gasteiger partial charge on any atom is -0.362 e. The lowest BCUT2D eigenvalue weighted by molar-refractivity contribution is 0.388. The van der Waals surface area contributed by atoms with Crippen LogP contribution in [0.1, 0.15) is 5.76 Å². The largest absolute Gasteiger partial charge is 0.362 e. The van der Waals surface area contributed by atoms with Gasteiger partial charge in [-0.3, -0.25) is 0 Å². The van der Waals surface area contributed by atoms with E-state index >= 15 is 0 Å². The van der Waals surface area contributed by atoms with E-state index in [-0.39, 0.29) is 4.90 Å². The third-order valence-electron chi connectivity index (χ3n) is 2.09. The molecule has 1 N–H and O–H groups in total. The van der Waals surface area contributed by atoms with Crippen molar-refractivity contribution in [3.8, 4) is 0 Å². The minimum absolute atomic E-state index is 0.166. The lowest BCUT2D eigenvalue weighted by atomic mass is 10.4. The van der Waals surface area contributed by atoms with Crippen LogP contribution in [-0.2, 0) is 16.4 Å². The summed E-state index contributed by atoms with van der Waals surface area (Å²) in [6.45, 7) is 0.333. The molecule has 0 aliphatic heterocycles. The van der Waals surface area contributed by atoms with Crippen molar-refractivity contribution in [1.29, 1.82) is 0 Å². The third-order valence-corrected chi connectivity index (χ3v) is 3.22. The van der Waals surface area contributed by atoms with E-state index in [2.05, 4.69) is 15.5 Å². The Morgan fingerprint density at radius 1 is 1.35 bits per heavy atom. The highest BCUT2D eigenvalue weighted by atomic mass is 32.2. The first-order valence-corrected chi connectivity index (χ1v) is 6.75. The van der Waals surface area contributed by atoms with Crippen LogP contribution in [0.25, 0.3) is 0 Å². The normalized spacial score (nSPS) is 11.4. The second-order valence-electron chi connectivity index (χ2n) is 3.45. The van der Waals surface area contributed by atoms with Gasteiger partial charge in [-0.2, -0.15) is 0 Å². The summed E-state index contributed by atoms with van der Waals surface area (Å²) in [6, 6.07) is 4.77. The van der Waals surface area contributed by atoms with Crippen LogP contribution in [0.2, 0.25) is 0 Å². The van der Waals surface area contributed by atoms with E-state index < -0.39 is 9.84 Å². The Morgan fingerprint density at radius 3 is 2.82 bits per heavy atom. The number of rotatable bonds is 4. The van der Waals surface area contributed by atoms with Crippen LogP contribution in [0.3, 0.4) is 0 Å². The lowest BCUT2D eigenvalue weighted by Gasteiger charge is -2.07. The van der Waals surface area contributed by atoms with E-state index in [0.29, 0.717) is 18.1 Å². The van der Waals surface area contributed by atoms with Gasteiger partial charge in [0.15, 0.2) is 15.6 Å². The number of sulfone groups is 1. The average Bonchev–Trinajstić information content (AvgIpc) is 2.78. The molecule has 0 amide bonds. The molecule has 0 aliphatic carbocycles. The van der Waals surface area contributed by atoms with Crippen LogP contribution in [0.4, 0.5) is 5.82 Å². The molecule has 0 aromatic carbocycles. The highest BCUT2D eigenvalue weighted by Gasteiger charge is 2.13. The maximum atomic E-state index is 11.5. The summed E-state index contributed by atoms with van der Waals surface area (Å²) in [6.07, 6.45) is 4.19. The zero-order valence-corrected chi connectivity index (χ0v) is 9.94. The Bertz CT molecular complexity index is 593. The van der Waals surface area contributed by atoms with Gasteiger partial charge in [0.25, 0.3) is 0 Å². The van der Waals surface area contributed by atoms with E-state index in [1.54, 1.807) is 12.1 Å². The molecule has 6 nitrogen and oxygen atoms in total. The maximum Gasteiger partial charge on any atom is 0.179 e. The number of aromatic nitrogens is 2. The Kier molecular flexibility index (Phi) is 3.10. The molecule has 0 radical (unpaired) electrons. The molecule has 2 aromatic rings. The molecule has 0 saturated carbocycles. The van der Waals surface area contributed by atoms with E-state index in [4.69, 9.17) is 4.52 Å². The van der Waals surface area contributed by atoms with Crippen LogP contribution >= 0.6 is 0 Å². The van der Waals surface area contributed by atoms with E-state index in [9.17, 15) is 8.42 Å². The molecular weight excluding hydrogens is 242 g/mol. The van der Waals surface area contributed by atoms with E-state index in [0.717, 1.165) is 6.26 Å². The summed E-state index contributed by atoms with van der Waals surface area (Å²) in [5, 5.41) is 6.45. The standard InChI is InChI=1S/C10H11N3O3S/c1-17(14,15)9-3-2-5-11-10(9)12-7-8-4-6-13-16-8/h2-6H,7H2,1H3,(H,11,12). The van der Waals surface area contributed by atoms with Crippen LogP contribution in [-0.4, -0.2) is 24.8 Å². The molecule has 2 heterocycles. The maximum absolute atomic E-state index is 11.5. The van der Waals surface area contributed by atoms with Crippen LogP contribution in [0.5, 0.6) is 0 Å². The van der Waals surface area contributed by atoms with E-state index in [1.807, 2.05) is 0 Å². The minimum atomic E-state index is -3.30. The second-order valence-corrected chi connectivity index (χ2v) is 5.44. The second kappa shape index (κ2) is 4.54. The van der Waals surface area contributed by atoms with E-state index in [1.165, 1.54) is 18.5 Å². The molecular formula is C10H11N3O3S. The third kappa shape index (κ3) is 2.82. The summed E-state index contributed by atoms with van der Waals surface area (Å²) in [7, 11) is -3.30. The number of hydrogen-bond donors (Lipinski definition) is 1. The van der Waals surface area contributed by atoms with Crippen molar-refractivity contribution < 1.29 is 12.9 Å². The van der Waals surface area contributed by atoms with Gasteiger partial charge in [0, 0.05) is 18.5 Å². The summed E-state index contributed by atoms with van der Waals surface area (Å²) in [5.41, 5.74) is 0. The lowest BCUT2D eigenvalue weighted by Crippen LogP contribution is -2.07. The fourth-order valence-corrected chi connectivity index (χ4v) is 2.13. The number of anilines is 1. The average molecular weight is 253 g/mol. The molecule has 2 aromatic heterocycles. The van der Waals surface area contributed by atoms with Gasteiger partial charge in [0.05, 0.1) is 12.7 Å². The number of nitrogens with zero attached hydrogens (tertiary/aromatic N) is 2. The molecule has 90 valence electrons. The summed E-state index contributed by atoms with van der Waals surface area (Å²) in [5.74, 6) is 0.918. The Labute approximate surface area is 98.6 Å². The van der Waals surface area contributed by atoms with Crippen molar-refractivity contribution >= 4 is 15.7 Å². The molecule has 0 atom stereocenters. The predicted molar refractivity (Wildman–Crippen MR) is 61.2 cm³/mol. The molecule has 0 unspecified atom stereocenters. The number of hydrogen-bond acceptors (Lipinski definition) is 6. The molecule has 2 rings (SSSR count). The highest BCUT2D eigenvalue weighted by molar-refractivity contribution is 7.90.